The maximum absolute atomic E-state index is 11.6. The van der Waals surface area contributed by atoms with E-state index in [2.05, 4.69) is 4.74 Å². The van der Waals surface area contributed by atoms with E-state index in [1.54, 1.807) is 12.1 Å². The number of halogens is 2. The summed E-state index contributed by atoms with van der Waals surface area (Å²) >= 11 is 11.7. The number of carbonyl (C=O) groups is 3. The van der Waals surface area contributed by atoms with E-state index in [1.165, 1.54) is 12.1 Å². The second kappa shape index (κ2) is 10.9. The van der Waals surface area contributed by atoms with Gasteiger partial charge in [-0.25, -0.2) is 14.4 Å². The Morgan fingerprint density at radius 1 is 1.12 bits per heavy atom. The lowest BCUT2D eigenvalue weighted by Gasteiger charge is -2.17. The molecule has 0 amide bonds. The third kappa shape index (κ3) is 7.69. The Balaban J connectivity index is 2.46. The molecule has 0 heterocycles. The average molecular weight is 388 g/mol. The molecule has 136 valence electrons. The summed E-state index contributed by atoms with van der Waals surface area (Å²) in [5.74, 6) is -3.58. The normalized spacial score (nSPS) is 10.9. The first-order valence-corrected chi connectivity index (χ1v) is 8.41. The number of esters is 3. The van der Waals surface area contributed by atoms with Gasteiger partial charge >= 0.3 is 17.9 Å². The van der Waals surface area contributed by atoms with Gasteiger partial charge in [-0.3, -0.25) is 0 Å². The maximum atomic E-state index is 11.6. The molecule has 8 heteroatoms. The molecule has 0 aliphatic carbocycles. The molecular formula is C17H19Cl2NO5. The molecule has 0 saturated carbocycles. The van der Waals surface area contributed by atoms with Crippen LogP contribution in [0.4, 0.5) is 0 Å². The lowest BCUT2D eigenvalue weighted by molar-refractivity contribution is -0.171. The summed E-state index contributed by atoms with van der Waals surface area (Å²) in [6, 6.07) is 4.70. The van der Waals surface area contributed by atoms with E-state index in [0.717, 1.165) is 19.2 Å². The second-order valence-electron chi connectivity index (χ2n) is 4.87. The molecule has 0 atom stereocenters. The zero-order valence-corrected chi connectivity index (χ0v) is 15.5. The molecule has 0 bridgehead atoms. The lowest BCUT2D eigenvalue weighted by atomic mass is 10.2. The van der Waals surface area contributed by atoms with Gasteiger partial charge in [-0.05, 0) is 36.9 Å². The highest BCUT2D eigenvalue weighted by Crippen LogP contribution is 2.21. The molecule has 0 fully saturated rings. The van der Waals surface area contributed by atoms with Gasteiger partial charge in [0.15, 0.2) is 0 Å². The summed E-state index contributed by atoms with van der Waals surface area (Å²) in [4.78, 5) is 36.5. The van der Waals surface area contributed by atoms with Crippen molar-refractivity contribution in [3.63, 3.8) is 0 Å². The van der Waals surface area contributed by atoms with Crippen molar-refractivity contribution in [2.24, 2.45) is 0 Å². The standard InChI is InChI=1S/C17H19Cl2NO5/c1-3-20(4-2)9-10-24-16(22)17(23)25-15(21)8-6-12-5-7-13(18)11-14(12)19/h5-8,11H,3-4,9-10H2,1-2H3/b8-6+. The summed E-state index contributed by atoms with van der Waals surface area (Å²) < 4.78 is 9.15. The van der Waals surface area contributed by atoms with Gasteiger partial charge in [0.2, 0.25) is 0 Å². The molecule has 6 nitrogen and oxygen atoms in total. The van der Waals surface area contributed by atoms with Crippen molar-refractivity contribution in [1.82, 2.24) is 4.90 Å². The smallest absolute Gasteiger partial charge is 0.425 e. The van der Waals surface area contributed by atoms with Crippen molar-refractivity contribution in [3.05, 3.63) is 39.9 Å². The SMILES string of the molecule is CCN(CC)CCOC(=O)C(=O)OC(=O)/C=C/c1ccc(Cl)cc1Cl. The molecule has 0 aliphatic heterocycles. The van der Waals surface area contributed by atoms with Crippen LogP contribution in [-0.2, 0) is 23.9 Å². The third-order valence-electron chi connectivity index (χ3n) is 3.26. The molecular weight excluding hydrogens is 369 g/mol. The van der Waals surface area contributed by atoms with Crippen LogP contribution in [0.3, 0.4) is 0 Å². The maximum Gasteiger partial charge on any atom is 0.425 e. The van der Waals surface area contributed by atoms with Crippen LogP contribution >= 0.6 is 23.2 Å². The Kier molecular flexibility index (Phi) is 9.20. The summed E-state index contributed by atoms with van der Waals surface area (Å²) in [5.41, 5.74) is 0.511. The van der Waals surface area contributed by atoms with Gasteiger partial charge in [0, 0.05) is 22.7 Å². The Labute approximate surface area is 156 Å². The molecule has 0 N–H and O–H groups in total. The van der Waals surface area contributed by atoms with Gasteiger partial charge < -0.3 is 14.4 Å². The predicted molar refractivity (Wildman–Crippen MR) is 95.3 cm³/mol. The number of likely N-dealkylation sites (N-methyl/N-ethyl adjacent to an activating group) is 1. The number of nitrogens with zero attached hydrogens (tertiary/aromatic N) is 1. The van der Waals surface area contributed by atoms with Crippen molar-refractivity contribution >= 4 is 47.2 Å². The number of rotatable bonds is 7. The molecule has 1 aromatic rings. The highest BCUT2D eigenvalue weighted by molar-refractivity contribution is 6.35. The fraction of sp³-hybridized carbons (Fsp3) is 0.353. The first-order chi connectivity index (χ1) is 11.9. The number of ether oxygens (including phenoxy) is 2. The number of benzene rings is 1. The highest BCUT2D eigenvalue weighted by atomic mass is 35.5. The van der Waals surface area contributed by atoms with E-state index in [4.69, 9.17) is 27.9 Å². The van der Waals surface area contributed by atoms with E-state index in [9.17, 15) is 14.4 Å². The quantitative estimate of drug-likeness (QED) is 0.310. The molecule has 1 rings (SSSR count). The van der Waals surface area contributed by atoms with Crippen molar-refractivity contribution in [3.8, 4) is 0 Å². The van der Waals surface area contributed by atoms with Crippen LogP contribution in [0.1, 0.15) is 19.4 Å². The number of carbonyl (C=O) groups excluding carboxylic acids is 3. The van der Waals surface area contributed by atoms with Gasteiger partial charge in [0.05, 0.1) is 0 Å². The van der Waals surface area contributed by atoms with Crippen LogP contribution in [0.2, 0.25) is 10.0 Å². The average Bonchev–Trinajstić information content (AvgIpc) is 2.57. The van der Waals surface area contributed by atoms with E-state index >= 15 is 0 Å². The van der Waals surface area contributed by atoms with Crippen LogP contribution in [0.25, 0.3) is 6.08 Å². The first-order valence-electron chi connectivity index (χ1n) is 7.65. The minimum absolute atomic E-state index is 0.0417. The summed E-state index contributed by atoms with van der Waals surface area (Å²) in [6.07, 6.45) is 2.33. The van der Waals surface area contributed by atoms with Gasteiger partial charge in [-0.2, -0.15) is 0 Å². The van der Waals surface area contributed by atoms with E-state index in [1.807, 2.05) is 18.7 Å². The molecule has 0 radical (unpaired) electrons. The summed E-state index contributed by atoms with van der Waals surface area (Å²) in [5, 5.41) is 0.783. The van der Waals surface area contributed by atoms with Crippen molar-refractivity contribution in [2.45, 2.75) is 13.8 Å². The molecule has 25 heavy (non-hydrogen) atoms. The Morgan fingerprint density at radius 2 is 1.80 bits per heavy atom. The Bertz CT molecular complexity index is 656. The molecule has 1 aromatic carbocycles. The van der Waals surface area contributed by atoms with Crippen LogP contribution < -0.4 is 0 Å². The van der Waals surface area contributed by atoms with Crippen LogP contribution in [0.15, 0.2) is 24.3 Å². The predicted octanol–water partition coefficient (Wildman–Crippen LogP) is 2.96. The van der Waals surface area contributed by atoms with Crippen molar-refractivity contribution in [2.75, 3.05) is 26.2 Å². The van der Waals surface area contributed by atoms with Crippen LogP contribution in [0.5, 0.6) is 0 Å². The largest absolute Gasteiger partial charge is 0.456 e. The van der Waals surface area contributed by atoms with Gasteiger partial charge in [-0.1, -0.05) is 43.1 Å². The molecule has 0 saturated heterocycles. The third-order valence-corrected chi connectivity index (χ3v) is 3.82. The minimum Gasteiger partial charge on any atom is -0.456 e. The Hall–Kier alpha value is -1.89. The van der Waals surface area contributed by atoms with E-state index in [-0.39, 0.29) is 6.61 Å². The topological polar surface area (TPSA) is 72.9 Å². The van der Waals surface area contributed by atoms with Crippen molar-refractivity contribution < 1.29 is 23.9 Å². The zero-order chi connectivity index (χ0) is 18.8. The summed E-state index contributed by atoms with van der Waals surface area (Å²) in [7, 11) is 0. The van der Waals surface area contributed by atoms with Gasteiger partial charge in [-0.15, -0.1) is 0 Å². The van der Waals surface area contributed by atoms with Gasteiger partial charge in [0.1, 0.15) is 6.61 Å². The molecule has 0 unspecified atom stereocenters. The molecule has 0 spiro atoms. The van der Waals surface area contributed by atoms with Crippen LogP contribution in [-0.4, -0.2) is 49.0 Å². The van der Waals surface area contributed by atoms with Crippen molar-refractivity contribution in [1.29, 1.82) is 0 Å². The first kappa shape index (κ1) is 21.2. The zero-order valence-electron chi connectivity index (χ0n) is 14.0. The Morgan fingerprint density at radius 3 is 2.40 bits per heavy atom. The number of hydrogen-bond acceptors (Lipinski definition) is 6. The second-order valence-corrected chi connectivity index (χ2v) is 5.71. The summed E-state index contributed by atoms with van der Waals surface area (Å²) in [6.45, 7) is 6.08. The van der Waals surface area contributed by atoms with Crippen LogP contribution in [0, 0.1) is 0 Å². The lowest BCUT2D eigenvalue weighted by Crippen LogP contribution is -2.30. The van der Waals surface area contributed by atoms with E-state index in [0.29, 0.717) is 22.2 Å². The minimum atomic E-state index is -1.36. The molecule has 0 aliphatic rings. The fourth-order valence-corrected chi connectivity index (χ4v) is 2.30. The highest BCUT2D eigenvalue weighted by Gasteiger charge is 2.20. The fourth-order valence-electron chi connectivity index (χ4n) is 1.83. The van der Waals surface area contributed by atoms with Gasteiger partial charge in [0.25, 0.3) is 0 Å². The number of hydrogen-bond donors (Lipinski definition) is 0. The van der Waals surface area contributed by atoms with E-state index < -0.39 is 17.9 Å². The monoisotopic (exact) mass is 387 g/mol. The molecule has 0 aromatic heterocycles.